The van der Waals surface area contributed by atoms with Crippen molar-refractivity contribution in [3.63, 3.8) is 0 Å². The number of esters is 1. The van der Waals surface area contributed by atoms with Gasteiger partial charge in [-0.3, -0.25) is 28.8 Å². The third-order valence-corrected chi connectivity index (χ3v) is 5.03. The summed E-state index contributed by atoms with van der Waals surface area (Å²) in [6, 6.07) is -1.25. The maximum Gasteiger partial charge on any atom is 0.322 e. The molecular weight excluding hydrogens is 412 g/mol. The zero-order valence-electron chi connectivity index (χ0n) is 15.7. The monoisotopic (exact) mass is 436 g/mol. The topological polar surface area (TPSA) is 210 Å². The third kappa shape index (κ3) is 11.7. The van der Waals surface area contributed by atoms with Crippen molar-refractivity contribution in [3.05, 3.63) is 0 Å². The Morgan fingerprint density at radius 2 is 1.66 bits per heavy atom. The molecule has 0 aliphatic carbocycles. The van der Waals surface area contributed by atoms with E-state index in [-0.39, 0.29) is 25.0 Å². The highest BCUT2D eigenvalue weighted by molar-refractivity contribution is 8.00. The molecule has 0 bridgehead atoms. The van der Waals surface area contributed by atoms with Gasteiger partial charge in [0.2, 0.25) is 5.91 Å². The number of amides is 1. The smallest absolute Gasteiger partial charge is 0.322 e. The quantitative estimate of drug-likeness (QED) is 0.190. The van der Waals surface area contributed by atoms with Gasteiger partial charge >= 0.3 is 23.9 Å². The van der Waals surface area contributed by atoms with Gasteiger partial charge in [-0.25, -0.2) is 0 Å². The Morgan fingerprint density at radius 3 is 2.14 bits per heavy atom. The highest BCUT2D eigenvalue weighted by Crippen LogP contribution is 2.22. The van der Waals surface area contributed by atoms with Crippen molar-refractivity contribution < 1.29 is 48.8 Å². The van der Waals surface area contributed by atoms with E-state index in [0.717, 1.165) is 18.9 Å². The molecule has 0 saturated heterocycles. The number of carbonyl (C=O) groups is 6. The van der Waals surface area contributed by atoms with Crippen molar-refractivity contribution >= 4 is 47.3 Å². The molecule has 0 radical (unpaired) electrons. The van der Waals surface area contributed by atoms with Crippen LogP contribution in [0.4, 0.5) is 0 Å². The van der Waals surface area contributed by atoms with Crippen LogP contribution >= 0.6 is 11.8 Å². The van der Waals surface area contributed by atoms with Crippen LogP contribution in [0.5, 0.6) is 0 Å². The molecule has 0 aromatic carbocycles. The molecule has 0 aromatic heterocycles. The first kappa shape index (κ1) is 26.3. The van der Waals surface area contributed by atoms with Crippen LogP contribution in [0.1, 0.15) is 25.7 Å². The molecule has 0 fully saturated rings. The Morgan fingerprint density at radius 1 is 1.03 bits per heavy atom. The van der Waals surface area contributed by atoms with Crippen molar-refractivity contribution in [3.8, 4) is 0 Å². The van der Waals surface area contributed by atoms with Crippen molar-refractivity contribution in [2.75, 3.05) is 19.4 Å². The van der Waals surface area contributed by atoms with E-state index < -0.39 is 65.7 Å². The van der Waals surface area contributed by atoms with Gasteiger partial charge in [-0.15, -0.1) is 11.8 Å². The van der Waals surface area contributed by atoms with Crippen LogP contribution in [0.25, 0.3) is 0 Å². The average Bonchev–Trinajstić information content (AvgIpc) is 2.65. The lowest BCUT2D eigenvalue weighted by molar-refractivity contribution is -0.145. The lowest BCUT2D eigenvalue weighted by Gasteiger charge is -2.18. The predicted molar refractivity (Wildman–Crippen MR) is 99.1 cm³/mol. The summed E-state index contributed by atoms with van der Waals surface area (Å²) in [6.45, 7) is -0.692. The number of ether oxygens (including phenoxy) is 1. The molecule has 164 valence electrons. The number of carboxylic acids is 3. The second kappa shape index (κ2) is 13.5. The first-order valence-corrected chi connectivity index (χ1v) is 9.43. The summed E-state index contributed by atoms with van der Waals surface area (Å²) in [5, 5.41) is 27.4. The lowest BCUT2D eigenvalue weighted by Crippen LogP contribution is -2.37. The molecule has 0 heterocycles. The number of thioether (sulfide) groups is 1. The maximum absolute atomic E-state index is 12.2. The van der Waals surface area contributed by atoms with Crippen molar-refractivity contribution in [1.29, 1.82) is 0 Å². The van der Waals surface area contributed by atoms with Crippen LogP contribution < -0.4 is 11.1 Å². The number of methoxy groups -OCH3 is 1. The van der Waals surface area contributed by atoms with E-state index in [1.54, 1.807) is 0 Å². The molecule has 12 nitrogen and oxygen atoms in total. The van der Waals surface area contributed by atoms with Gasteiger partial charge in [0.15, 0.2) is 0 Å². The normalized spacial score (nSPS) is 13.6. The SMILES string of the molecule is COC(=O)CC(SC[C@H](CC(=O)CC[C@H](N)C(=O)O)C(=O)NCC(=O)O)C(=O)O. The van der Waals surface area contributed by atoms with Crippen LogP contribution in [0.15, 0.2) is 0 Å². The second-order valence-corrected chi connectivity index (χ2v) is 7.21. The first-order valence-electron chi connectivity index (χ1n) is 8.38. The number of carboxylic acid groups (broad SMARTS) is 3. The maximum atomic E-state index is 12.2. The van der Waals surface area contributed by atoms with E-state index in [4.69, 9.17) is 15.9 Å². The Labute approximate surface area is 170 Å². The van der Waals surface area contributed by atoms with Crippen molar-refractivity contribution in [2.45, 2.75) is 37.0 Å². The van der Waals surface area contributed by atoms with Crippen LogP contribution in [-0.2, 0) is 33.5 Å². The van der Waals surface area contributed by atoms with Gasteiger partial charge in [-0.1, -0.05) is 0 Å². The van der Waals surface area contributed by atoms with E-state index in [0.29, 0.717) is 0 Å². The molecule has 0 saturated carbocycles. The number of hydrogen-bond acceptors (Lipinski definition) is 9. The molecule has 3 atom stereocenters. The summed E-state index contributed by atoms with van der Waals surface area (Å²) in [7, 11) is 1.09. The lowest BCUT2D eigenvalue weighted by atomic mass is 9.99. The molecular formula is C16H24N2O10S. The molecule has 1 unspecified atom stereocenters. The third-order valence-electron chi connectivity index (χ3n) is 3.66. The summed E-state index contributed by atoms with van der Waals surface area (Å²) in [5.41, 5.74) is 5.32. The number of nitrogens with two attached hydrogens (primary N) is 1. The highest BCUT2D eigenvalue weighted by atomic mass is 32.2. The van der Waals surface area contributed by atoms with Crippen LogP contribution in [0.2, 0.25) is 0 Å². The van der Waals surface area contributed by atoms with E-state index in [2.05, 4.69) is 10.1 Å². The molecule has 1 amide bonds. The van der Waals surface area contributed by atoms with Gasteiger partial charge in [0.1, 0.15) is 23.6 Å². The second-order valence-electron chi connectivity index (χ2n) is 5.98. The van der Waals surface area contributed by atoms with Gasteiger partial charge < -0.3 is 31.1 Å². The van der Waals surface area contributed by atoms with E-state index >= 15 is 0 Å². The van der Waals surface area contributed by atoms with E-state index in [1.165, 1.54) is 0 Å². The van der Waals surface area contributed by atoms with Gasteiger partial charge in [0.05, 0.1) is 19.4 Å². The Balaban J connectivity index is 5.03. The number of Topliss-reactive ketones (excluding diaryl/α,β-unsaturated/α-hetero) is 1. The molecule has 0 rings (SSSR count). The Kier molecular flexibility index (Phi) is 12.3. The summed E-state index contributed by atoms with van der Waals surface area (Å²) in [4.78, 5) is 68.2. The summed E-state index contributed by atoms with van der Waals surface area (Å²) in [6.07, 6.45) is -1.19. The van der Waals surface area contributed by atoms with Gasteiger partial charge in [-0.2, -0.15) is 0 Å². The standard InChI is InChI=1S/C16H24N2O10S/c1-28-13(22)5-11(16(26)27)29-7-8(14(23)18-6-12(20)21)4-9(19)2-3-10(17)15(24)25/h8,10-11H,2-7,17H2,1H3,(H,18,23)(H,20,21)(H,24,25)(H,26,27)/t8-,10-,11?/m0/s1. The summed E-state index contributed by atoms with van der Waals surface area (Å²) >= 11 is 0.736. The summed E-state index contributed by atoms with van der Waals surface area (Å²) in [5.74, 6) is -7.20. The minimum atomic E-state index is -1.32. The largest absolute Gasteiger partial charge is 0.480 e. The van der Waals surface area contributed by atoms with Crippen molar-refractivity contribution in [2.24, 2.45) is 11.7 Å². The van der Waals surface area contributed by atoms with Crippen LogP contribution in [0, 0.1) is 5.92 Å². The highest BCUT2D eigenvalue weighted by Gasteiger charge is 2.28. The number of ketones is 1. The minimum absolute atomic E-state index is 0.148. The van der Waals surface area contributed by atoms with Crippen LogP contribution in [-0.4, -0.2) is 81.6 Å². The number of rotatable bonds is 15. The minimum Gasteiger partial charge on any atom is -0.480 e. The van der Waals surface area contributed by atoms with Gasteiger partial charge in [0, 0.05) is 18.6 Å². The fourth-order valence-electron chi connectivity index (χ4n) is 2.04. The molecule has 0 aliphatic rings. The molecule has 6 N–H and O–H groups in total. The first-order chi connectivity index (χ1) is 13.5. The fraction of sp³-hybridized carbons (Fsp3) is 0.625. The molecule has 0 aliphatic heterocycles. The average molecular weight is 436 g/mol. The van der Waals surface area contributed by atoms with E-state index in [9.17, 15) is 33.9 Å². The summed E-state index contributed by atoms with van der Waals surface area (Å²) < 4.78 is 4.41. The molecule has 0 aromatic rings. The molecule has 0 spiro atoms. The molecule has 29 heavy (non-hydrogen) atoms. The van der Waals surface area contributed by atoms with Gasteiger partial charge in [0.25, 0.3) is 0 Å². The number of nitrogens with one attached hydrogen (secondary N) is 1. The van der Waals surface area contributed by atoms with Crippen molar-refractivity contribution in [1.82, 2.24) is 5.32 Å². The number of hydrogen-bond donors (Lipinski definition) is 5. The van der Waals surface area contributed by atoms with E-state index in [1.807, 2.05) is 0 Å². The Bertz CT molecular complexity index is 639. The predicted octanol–water partition coefficient (Wildman–Crippen LogP) is -1.30. The Hall–Kier alpha value is -2.67. The zero-order valence-corrected chi connectivity index (χ0v) is 16.5. The number of aliphatic carboxylic acids is 3. The van der Waals surface area contributed by atoms with Crippen LogP contribution in [0.3, 0.4) is 0 Å². The zero-order chi connectivity index (χ0) is 22.6. The molecule has 13 heteroatoms. The number of carbonyl (C=O) groups excluding carboxylic acids is 3. The van der Waals surface area contributed by atoms with Gasteiger partial charge in [-0.05, 0) is 6.42 Å². The fourth-order valence-corrected chi connectivity index (χ4v) is 3.17.